The fraction of sp³-hybridized carbons (Fsp3) is 0.659. The van der Waals surface area contributed by atoms with E-state index in [1.807, 2.05) is 32.2 Å². The number of rotatable bonds is 5. The molecule has 0 unspecified atom stereocenters. The predicted molar refractivity (Wildman–Crippen MR) is 221 cm³/mol. The Morgan fingerprint density at radius 2 is 1.93 bits per heavy atom. The highest BCUT2D eigenvalue weighted by Crippen LogP contribution is 2.49. The van der Waals surface area contributed by atoms with E-state index in [-0.39, 0.29) is 29.2 Å². The number of piperidine rings is 1. The summed E-state index contributed by atoms with van der Waals surface area (Å²) < 4.78 is 44.0. The molecule has 306 valence electrons. The Bertz CT molecular complexity index is 1910. The fourth-order valence-electron chi connectivity index (χ4n) is 11.2. The van der Waals surface area contributed by atoms with Crippen LogP contribution in [0.3, 0.4) is 0 Å². The highest BCUT2D eigenvalue weighted by Gasteiger charge is 2.50. The van der Waals surface area contributed by atoms with E-state index in [9.17, 15) is 18.3 Å². The first-order valence-corrected chi connectivity index (χ1v) is 23.0. The first kappa shape index (κ1) is 40.1. The second kappa shape index (κ2) is 16.2. The Morgan fingerprint density at radius 1 is 1.07 bits per heavy atom. The van der Waals surface area contributed by atoms with Gasteiger partial charge in [0.05, 0.1) is 23.6 Å². The number of fused-ring (bicyclic) bond motifs is 5. The summed E-state index contributed by atoms with van der Waals surface area (Å²) in [5.74, 6) is 0.215. The first-order chi connectivity index (χ1) is 26.9. The van der Waals surface area contributed by atoms with Gasteiger partial charge in [-0.3, -0.25) is 14.6 Å². The third-order valence-corrected chi connectivity index (χ3v) is 16.5. The normalized spacial score (nSPS) is 34.8. The summed E-state index contributed by atoms with van der Waals surface area (Å²) in [4.78, 5) is 21.6. The predicted octanol–water partition coefficient (Wildman–Crippen LogP) is 6.19. The van der Waals surface area contributed by atoms with Gasteiger partial charge in [-0.05, 0) is 130 Å². The summed E-state index contributed by atoms with van der Waals surface area (Å²) in [6, 6.07) is 12.2. The molecule has 3 fully saturated rings. The molecule has 2 aromatic rings. The summed E-state index contributed by atoms with van der Waals surface area (Å²) in [5, 5.41) is 10.2. The van der Waals surface area contributed by atoms with Gasteiger partial charge in [-0.2, -0.15) is 0 Å². The van der Waals surface area contributed by atoms with Crippen LogP contribution in [-0.4, -0.2) is 112 Å². The number of carbonyl (C=O) groups excluding carboxylic acids is 1. The van der Waals surface area contributed by atoms with Gasteiger partial charge in [0.25, 0.3) is 5.91 Å². The van der Waals surface area contributed by atoms with Crippen LogP contribution in [0.4, 0.5) is 5.69 Å². The summed E-state index contributed by atoms with van der Waals surface area (Å²) in [6.07, 6.45) is 12.9. The molecule has 0 aromatic heterocycles. The lowest BCUT2D eigenvalue weighted by molar-refractivity contribution is -0.100. The molecule has 2 aliphatic carbocycles. The molecule has 0 radical (unpaired) electrons. The van der Waals surface area contributed by atoms with Crippen LogP contribution in [0.25, 0.3) is 0 Å². The van der Waals surface area contributed by atoms with Crippen molar-refractivity contribution in [3.8, 4) is 5.75 Å². The Labute approximate surface area is 339 Å². The molecule has 6 aliphatic rings. The van der Waals surface area contributed by atoms with Gasteiger partial charge in [0.1, 0.15) is 11.4 Å². The van der Waals surface area contributed by atoms with Crippen LogP contribution in [0.5, 0.6) is 5.75 Å². The van der Waals surface area contributed by atoms with Crippen molar-refractivity contribution in [3.05, 3.63) is 70.3 Å². The molecule has 1 spiro atoms. The summed E-state index contributed by atoms with van der Waals surface area (Å²) in [7, 11) is -2.31. The molecule has 8 atom stereocenters. The van der Waals surface area contributed by atoms with E-state index in [1.54, 1.807) is 13.0 Å². The number of amides is 1. The number of sulfonamides is 1. The molecule has 1 amide bonds. The van der Waals surface area contributed by atoms with E-state index >= 15 is 0 Å². The van der Waals surface area contributed by atoms with E-state index in [4.69, 9.17) is 21.1 Å². The number of aliphatic hydroxyl groups excluding tert-OH is 1. The molecule has 8 rings (SSSR count). The van der Waals surface area contributed by atoms with Crippen LogP contribution in [-0.2, 0) is 26.6 Å². The van der Waals surface area contributed by atoms with Gasteiger partial charge < -0.3 is 19.5 Å². The molecule has 2 aromatic carbocycles. The average Bonchev–Trinajstić information content (AvgIpc) is 3.31. The SMILES string of the molecule is CO[C@]1(CN2CCN3CCCC[C@@H]3C2)/C=C/C[C@H](C)[C@@H](C[C@@H](C)O)S(=O)(=O)NC(=O)c2ccc3c(c2)N(C[C@@H]2CC[C@H]21)C[C@@]1(CCCc2cc(Cl)ccc21)CO3. The standard InChI is InChI=1S/C44H61ClN4O6S/c1-30-8-6-18-44(54-3,28-47-20-21-48-19-5-4-10-36(48)26-47)38-14-11-34(38)25-49-27-43(17-7-9-32-23-35(45)13-15-37(32)43)29-55-40-16-12-33(24-39(40)49)42(51)46-56(52,53)41(30)22-31(2)50/h6,12-13,15-16,18,23-24,30-31,34,36,38,41,50H,4-5,7-11,14,17,19-22,25-29H2,1-3H3,(H,46,51)/b18-6+/t30-,31+,34-,36+,38+,41+,43-,44-/m0/s1. The maximum atomic E-state index is 14.1. The number of halogens is 1. The van der Waals surface area contributed by atoms with E-state index < -0.39 is 32.9 Å². The summed E-state index contributed by atoms with van der Waals surface area (Å²) in [6.45, 7) is 10.6. The van der Waals surface area contributed by atoms with Gasteiger partial charge in [-0.25, -0.2) is 13.1 Å². The number of aliphatic hydroxyl groups is 1. The minimum Gasteiger partial charge on any atom is -0.490 e. The molecule has 56 heavy (non-hydrogen) atoms. The fourth-order valence-corrected chi connectivity index (χ4v) is 13.1. The molecular formula is C44H61ClN4O6S. The van der Waals surface area contributed by atoms with Gasteiger partial charge in [0.2, 0.25) is 10.0 Å². The lowest BCUT2D eigenvalue weighted by Crippen LogP contribution is -2.61. The van der Waals surface area contributed by atoms with Crippen LogP contribution >= 0.6 is 11.6 Å². The molecule has 1 saturated carbocycles. The second-order valence-corrected chi connectivity index (χ2v) is 20.4. The quantitative estimate of drug-likeness (QED) is 0.342. The first-order valence-electron chi connectivity index (χ1n) is 21.1. The van der Waals surface area contributed by atoms with Gasteiger partial charge in [0, 0.05) is 68.4 Å². The van der Waals surface area contributed by atoms with Crippen LogP contribution in [0.1, 0.15) is 93.1 Å². The van der Waals surface area contributed by atoms with Crippen molar-refractivity contribution in [1.29, 1.82) is 0 Å². The Kier molecular flexibility index (Phi) is 11.6. The van der Waals surface area contributed by atoms with Crippen LogP contribution < -0.4 is 14.4 Å². The third-order valence-electron chi connectivity index (χ3n) is 14.3. The topological polar surface area (TPSA) is 112 Å². The average molecular weight is 810 g/mol. The lowest BCUT2D eigenvalue weighted by atomic mass is 9.63. The molecule has 10 nitrogen and oxygen atoms in total. The molecule has 2 bridgehead atoms. The van der Waals surface area contributed by atoms with Crippen LogP contribution in [0.2, 0.25) is 5.02 Å². The van der Waals surface area contributed by atoms with Gasteiger partial charge >= 0.3 is 0 Å². The Morgan fingerprint density at radius 3 is 2.71 bits per heavy atom. The number of piperazine rings is 1. The van der Waals surface area contributed by atoms with Gasteiger partial charge in [-0.15, -0.1) is 0 Å². The maximum Gasteiger partial charge on any atom is 0.264 e. The molecule has 12 heteroatoms. The smallest absolute Gasteiger partial charge is 0.264 e. The van der Waals surface area contributed by atoms with Crippen molar-refractivity contribution < 1.29 is 27.8 Å². The molecular weight excluding hydrogens is 748 g/mol. The molecule has 2 N–H and O–H groups in total. The molecule has 2 saturated heterocycles. The number of nitrogens with zero attached hydrogens (tertiary/aromatic N) is 3. The number of nitrogens with one attached hydrogen (secondary N) is 1. The number of aryl methyl sites for hydroxylation is 1. The number of carbonyl (C=O) groups is 1. The highest BCUT2D eigenvalue weighted by molar-refractivity contribution is 7.90. The largest absolute Gasteiger partial charge is 0.490 e. The van der Waals surface area contributed by atoms with Crippen molar-refractivity contribution in [2.24, 2.45) is 17.8 Å². The Hall–Kier alpha value is -2.67. The Balaban J connectivity index is 1.20. The van der Waals surface area contributed by atoms with E-state index in [1.165, 1.54) is 36.9 Å². The van der Waals surface area contributed by atoms with Crippen molar-refractivity contribution in [2.75, 3.05) is 64.4 Å². The van der Waals surface area contributed by atoms with E-state index in [0.717, 1.165) is 75.5 Å². The molecule has 4 aliphatic heterocycles. The van der Waals surface area contributed by atoms with Crippen LogP contribution in [0, 0.1) is 17.8 Å². The van der Waals surface area contributed by atoms with Crippen molar-refractivity contribution in [2.45, 2.75) is 106 Å². The minimum absolute atomic E-state index is 0.0178. The maximum absolute atomic E-state index is 14.1. The number of ether oxygens (including phenoxy) is 2. The number of benzene rings is 2. The monoisotopic (exact) mass is 808 g/mol. The van der Waals surface area contributed by atoms with E-state index in [2.05, 4.69) is 43.7 Å². The number of anilines is 1. The number of allylic oxidation sites excluding steroid dienone is 1. The van der Waals surface area contributed by atoms with Crippen molar-refractivity contribution in [1.82, 2.24) is 14.5 Å². The zero-order valence-corrected chi connectivity index (χ0v) is 35.0. The zero-order valence-electron chi connectivity index (χ0n) is 33.4. The second-order valence-electron chi connectivity index (χ2n) is 18.0. The third kappa shape index (κ3) is 7.90. The number of hydrogen-bond donors (Lipinski definition) is 2. The lowest BCUT2D eigenvalue weighted by Gasteiger charge is -2.53. The highest BCUT2D eigenvalue weighted by atomic mass is 35.5. The summed E-state index contributed by atoms with van der Waals surface area (Å²) >= 11 is 6.53. The number of methoxy groups -OCH3 is 1. The zero-order chi connectivity index (χ0) is 39.2. The van der Waals surface area contributed by atoms with E-state index in [0.29, 0.717) is 37.3 Å². The minimum atomic E-state index is -4.16. The number of hydrogen-bond acceptors (Lipinski definition) is 9. The molecule has 4 heterocycles. The van der Waals surface area contributed by atoms with Crippen molar-refractivity contribution >= 4 is 33.2 Å². The van der Waals surface area contributed by atoms with Gasteiger partial charge in [-0.1, -0.05) is 43.2 Å². The van der Waals surface area contributed by atoms with Gasteiger partial charge in [0.15, 0.2) is 0 Å². The summed E-state index contributed by atoms with van der Waals surface area (Å²) in [5.41, 5.74) is 2.76. The van der Waals surface area contributed by atoms with Crippen LogP contribution in [0.15, 0.2) is 48.6 Å². The van der Waals surface area contributed by atoms with Crippen molar-refractivity contribution in [3.63, 3.8) is 0 Å².